The number of nitrogens with one attached hydrogen (secondary N) is 5. The van der Waals surface area contributed by atoms with E-state index in [0.29, 0.717) is 30.9 Å². The molecule has 7 aromatic rings. The number of unbranched alkanes of at least 4 members (excludes halogenated alkanes) is 5. The summed E-state index contributed by atoms with van der Waals surface area (Å²) in [4.78, 5) is 62.0. The van der Waals surface area contributed by atoms with E-state index in [1.54, 1.807) is 36.6 Å². The van der Waals surface area contributed by atoms with E-state index in [9.17, 15) is 23.9 Å². The van der Waals surface area contributed by atoms with Crippen LogP contribution < -0.4 is 36.1 Å². The number of halogens is 1. The van der Waals surface area contributed by atoms with Crippen LogP contribution in [0.1, 0.15) is 134 Å². The number of aryl methyl sites for hydroxylation is 1. The Hall–Kier alpha value is -7.29. The normalized spacial score (nSPS) is 18.1. The van der Waals surface area contributed by atoms with Crippen molar-refractivity contribution < 1.29 is 33.4 Å². The van der Waals surface area contributed by atoms with E-state index in [2.05, 4.69) is 86.9 Å². The summed E-state index contributed by atoms with van der Waals surface area (Å²) < 4.78 is 29.3. The van der Waals surface area contributed by atoms with Gasteiger partial charge in [-0.25, -0.2) is 9.37 Å². The van der Waals surface area contributed by atoms with Crippen molar-refractivity contribution in [2.45, 2.75) is 161 Å². The molecule has 18 nitrogen and oxygen atoms in total. The number of likely N-dealkylation sites (tertiary alicyclic amines) is 1. The summed E-state index contributed by atoms with van der Waals surface area (Å²) in [5.74, 6) is -0.326. The van der Waals surface area contributed by atoms with Crippen molar-refractivity contribution in [3.8, 4) is 33.5 Å². The number of aliphatic hydroxyl groups excluding tert-OH is 1. The maximum absolute atomic E-state index is 14.7. The number of hydrogen-bond donors (Lipinski definition) is 6. The number of amides is 3. The van der Waals surface area contributed by atoms with E-state index in [1.165, 1.54) is 4.90 Å². The third-order valence-electron chi connectivity index (χ3n) is 16.0. The fraction of sp³-hybridized carbons (Fsp3) is 0.492. The highest BCUT2D eigenvalue weighted by molar-refractivity contribution is 7.13. The lowest BCUT2D eigenvalue weighted by Crippen LogP contribution is -2.59. The van der Waals surface area contributed by atoms with E-state index in [4.69, 9.17) is 24.4 Å². The Kier molecular flexibility index (Phi) is 18.5. The molecule has 10 rings (SSSR count). The molecule has 440 valence electrons. The number of pyridine rings is 1. The largest absolute Gasteiger partial charge is 0.493 e. The molecule has 0 spiro atoms. The molecule has 4 aromatic heterocycles. The van der Waals surface area contributed by atoms with Gasteiger partial charge in [-0.15, -0.1) is 11.3 Å². The molecule has 2 aliphatic heterocycles. The van der Waals surface area contributed by atoms with Gasteiger partial charge in [-0.2, -0.15) is 19.6 Å². The van der Waals surface area contributed by atoms with Crippen molar-refractivity contribution in [1.29, 1.82) is 0 Å². The number of ether oxygens (including phenoxy) is 2. The quantitative estimate of drug-likeness (QED) is 0.0293. The van der Waals surface area contributed by atoms with E-state index >= 15 is 0 Å². The first-order valence-electron chi connectivity index (χ1n) is 29.5. The van der Waals surface area contributed by atoms with Gasteiger partial charge in [-0.1, -0.05) is 103 Å². The van der Waals surface area contributed by atoms with E-state index in [0.717, 1.165) is 137 Å². The van der Waals surface area contributed by atoms with Crippen molar-refractivity contribution in [1.82, 2.24) is 50.4 Å². The predicted octanol–water partition coefficient (Wildman–Crippen LogP) is 10.1. The number of β-amino-alcohol motifs (C(OH)–C–C–N with tert-alkyl or cyclic N) is 1. The summed E-state index contributed by atoms with van der Waals surface area (Å²) in [5.41, 5.74) is 7.60. The third kappa shape index (κ3) is 14.2. The van der Waals surface area contributed by atoms with Crippen molar-refractivity contribution >= 4 is 57.1 Å². The number of piperidine rings is 1. The molecule has 3 amide bonds. The van der Waals surface area contributed by atoms with Crippen molar-refractivity contribution in [2.75, 3.05) is 43.4 Å². The Bertz CT molecular complexity index is 3410. The van der Waals surface area contributed by atoms with Crippen LogP contribution in [0, 0.1) is 12.3 Å². The molecular formula is C63H79FN12O6S. The fourth-order valence-electron chi connectivity index (χ4n) is 11.0. The highest BCUT2D eigenvalue weighted by Crippen LogP contribution is 2.41. The second-order valence-electron chi connectivity index (χ2n) is 23.8. The lowest BCUT2D eigenvalue weighted by molar-refractivity contribution is -0.145. The van der Waals surface area contributed by atoms with E-state index in [-0.39, 0.29) is 44.4 Å². The van der Waals surface area contributed by atoms with Gasteiger partial charge in [0, 0.05) is 73.1 Å². The Morgan fingerprint density at radius 1 is 0.940 bits per heavy atom. The van der Waals surface area contributed by atoms with Crippen LogP contribution in [0.25, 0.3) is 38.1 Å². The first-order chi connectivity index (χ1) is 40.0. The van der Waals surface area contributed by atoms with Gasteiger partial charge in [0.2, 0.25) is 17.8 Å². The number of aliphatic hydroxyl groups is 1. The molecule has 1 aliphatic carbocycles. The molecule has 83 heavy (non-hydrogen) atoms. The summed E-state index contributed by atoms with van der Waals surface area (Å²) in [7, 11) is 0. The maximum Gasteiger partial charge on any atom is 0.322 e. The number of carbonyl (C=O) groups excluding carboxylic acids is 3. The number of aromatic nitrogens is 6. The molecule has 0 bridgehead atoms. The van der Waals surface area contributed by atoms with Gasteiger partial charge in [0.1, 0.15) is 23.9 Å². The van der Waals surface area contributed by atoms with Crippen LogP contribution in [0.2, 0.25) is 0 Å². The second-order valence-corrected chi connectivity index (χ2v) is 24.7. The number of fused-ring (bicyclic) bond motifs is 2. The van der Waals surface area contributed by atoms with Gasteiger partial charge in [0.05, 0.1) is 40.7 Å². The smallest absolute Gasteiger partial charge is 0.322 e. The topological polar surface area (TPSA) is 222 Å². The molecule has 0 unspecified atom stereocenters. The Morgan fingerprint density at radius 2 is 1.75 bits per heavy atom. The minimum absolute atomic E-state index is 0.0112. The number of benzene rings is 3. The van der Waals surface area contributed by atoms with Crippen molar-refractivity contribution in [2.24, 2.45) is 5.41 Å². The van der Waals surface area contributed by atoms with Crippen LogP contribution in [0.3, 0.4) is 0 Å². The second kappa shape index (κ2) is 26.1. The van der Waals surface area contributed by atoms with Gasteiger partial charge in [-0.05, 0) is 104 Å². The number of anilines is 2. The molecular weight excluding hydrogens is 1070 g/mol. The van der Waals surface area contributed by atoms with Crippen molar-refractivity contribution in [3.63, 3.8) is 0 Å². The average molecular weight is 1150 g/mol. The van der Waals surface area contributed by atoms with Crippen LogP contribution in [0.4, 0.5) is 16.0 Å². The van der Waals surface area contributed by atoms with Crippen LogP contribution in [-0.2, 0) is 27.5 Å². The van der Waals surface area contributed by atoms with Gasteiger partial charge in [0.15, 0.2) is 11.3 Å². The average Bonchev–Trinajstić information content (AvgIpc) is 3.97. The molecule has 0 radical (unpaired) electrons. The zero-order chi connectivity index (χ0) is 58.3. The van der Waals surface area contributed by atoms with Crippen LogP contribution >= 0.6 is 11.3 Å². The zero-order valence-electron chi connectivity index (χ0n) is 48.6. The highest BCUT2D eigenvalue weighted by atomic mass is 32.1. The minimum Gasteiger partial charge on any atom is -0.493 e. The van der Waals surface area contributed by atoms with Crippen LogP contribution in [0.15, 0.2) is 84.6 Å². The lowest BCUT2D eigenvalue weighted by Gasteiger charge is -2.35. The first kappa shape index (κ1) is 58.9. The predicted molar refractivity (Wildman–Crippen MR) is 322 cm³/mol. The van der Waals surface area contributed by atoms with E-state index in [1.807, 2.05) is 55.2 Å². The van der Waals surface area contributed by atoms with Gasteiger partial charge in [-0.3, -0.25) is 19.4 Å². The third-order valence-corrected chi connectivity index (χ3v) is 17.0. The Balaban J connectivity index is 0.694. The number of rotatable bonds is 25. The summed E-state index contributed by atoms with van der Waals surface area (Å²) in [5, 5.41) is 33.8. The van der Waals surface area contributed by atoms with Gasteiger partial charge in [0.25, 0.3) is 5.91 Å². The molecule has 3 aromatic carbocycles. The molecule has 1 saturated carbocycles. The monoisotopic (exact) mass is 1150 g/mol. The summed E-state index contributed by atoms with van der Waals surface area (Å²) in [6.45, 7) is 15.2. The molecule has 20 heteroatoms. The Morgan fingerprint density at radius 3 is 2.51 bits per heavy atom. The molecule has 3 aliphatic rings. The number of thiazole rings is 1. The molecule has 3 fully saturated rings. The lowest BCUT2D eigenvalue weighted by atomic mass is 9.85. The SMILES string of the molecule is Cc1ncsc1-c1ccc(CNC(=O)[C@@H]2C[C@@H](O)CN2C(=O)[C@@H](NC(=O)C2(F)CC2)C(C)(C)C)c(OCCCCCCCCNc2ccc3c(-c4ccccc4CNc4nc(O[C@@H]5CCCNC5)nc5c(C(C)C)cnn45)nccc3c2)c1. The fourth-order valence-corrected chi connectivity index (χ4v) is 11.8. The Labute approximate surface area is 489 Å². The summed E-state index contributed by atoms with van der Waals surface area (Å²) in [6, 6.07) is 21.1. The molecule has 6 N–H and O–H groups in total. The number of hydrogen-bond acceptors (Lipinski definition) is 15. The highest BCUT2D eigenvalue weighted by Gasteiger charge is 2.53. The van der Waals surface area contributed by atoms with Crippen molar-refractivity contribution in [3.05, 3.63) is 107 Å². The summed E-state index contributed by atoms with van der Waals surface area (Å²) in [6.07, 6.45) is 11.3. The maximum atomic E-state index is 14.7. The number of carbonyl (C=O) groups is 3. The summed E-state index contributed by atoms with van der Waals surface area (Å²) >= 11 is 1.55. The minimum atomic E-state index is -1.97. The van der Waals surface area contributed by atoms with E-state index < -0.39 is 47.0 Å². The number of alkyl halides is 1. The van der Waals surface area contributed by atoms with Gasteiger partial charge < -0.3 is 46.1 Å². The molecule has 6 heterocycles. The van der Waals surface area contributed by atoms with Gasteiger partial charge >= 0.3 is 6.01 Å². The standard InChI is InChI=1S/C63H79FN12O6S/c1-39(2)50-36-71-76-56(50)73-61(82-47-17-15-26-65-35-47)74-60(76)69-33-43-16-11-12-18-48(43)53-49-22-21-45(30-41(49)23-28-67-53)66-27-13-9-7-8-10-14-29-81-52-31-42(54-40(3)70-38-83-54)19-20-44(52)34-68-57(78)51-32-46(77)37-75(51)58(79)55(62(4,5)6)72-59(80)63(64)24-25-63/h11-12,16,18-23,28,30-31,36,38-39,46-47,51,55,65-66,77H,7-10,13-15,17,24-27,29,32-35,37H2,1-6H3,(H,68,78)(H,72,80)(H,69,73,74)/t46-,47-,51+,55-/m1/s1. The van der Waals surface area contributed by atoms with Crippen LogP contribution in [0.5, 0.6) is 11.8 Å². The van der Waals surface area contributed by atoms with Crippen LogP contribution in [-0.4, -0.2) is 120 Å². The molecule has 4 atom stereocenters. The molecule has 2 saturated heterocycles. The zero-order valence-corrected chi connectivity index (χ0v) is 49.4. The number of nitrogens with zero attached hydrogens (tertiary/aromatic N) is 7. The first-order valence-corrected chi connectivity index (χ1v) is 30.4.